The van der Waals surface area contributed by atoms with Gasteiger partial charge in [0.25, 0.3) is 0 Å². The van der Waals surface area contributed by atoms with Crippen molar-refractivity contribution in [2.45, 2.75) is 94.1 Å². The van der Waals surface area contributed by atoms with E-state index in [2.05, 4.69) is 55.5 Å². The zero-order chi connectivity index (χ0) is 18.7. The quantitative estimate of drug-likeness (QED) is 0.247. The van der Waals surface area contributed by atoms with Crippen LogP contribution in [-0.4, -0.2) is 27.9 Å². The SMILES string of the molecule is CCCCCCCCCCCCCC[CH2][Na].c1ccc2ccccc2c1. The van der Waals surface area contributed by atoms with E-state index in [-0.39, 0.29) is 0 Å². The van der Waals surface area contributed by atoms with Gasteiger partial charge in [0.05, 0.1) is 0 Å². The molecule has 0 unspecified atom stereocenters. The fourth-order valence-corrected chi connectivity index (χ4v) is 3.90. The number of fused-ring (bicyclic) bond motifs is 1. The van der Waals surface area contributed by atoms with Crippen molar-refractivity contribution in [3.63, 3.8) is 0 Å². The molecule has 1 heteroatoms. The summed E-state index contributed by atoms with van der Waals surface area (Å²) in [6, 6.07) is 16.7. The standard InChI is InChI=1S/C15H31.C10H8.Na/c1-3-5-7-9-11-13-15-14-12-10-8-6-4-2;1-2-6-10-8-4-3-7-9(10)5-1;/h1,3-15H2,2H3;1-8H;. The molecule has 0 heterocycles. The van der Waals surface area contributed by atoms with Crippen molar-refractivity contribution < 1.29 is 0 Å². The van der Waals surface area contributed by atoms with Crippen molar-refractivity contribution in [1.82, 2.24) is 0 Å². The van der Waals surface area contributed by atoms with Crippen LogP contribution in [0.3, 0.4) is 0 Å². The minimum Gasteiger partial charge on any atom is -0.0616 e. The van der Waals surface area contributed by atoms with Gasteiger partial charge in [-0.15, -0.1) is 0 Å². The Bertz CT molecular complexity index is 455. The molecule has 0 fully saturated rings. The van der Waals surface area contributed by atoms with Crippen molar-refractivity contribution in [3.8, 4) is 0 Å². The summed E-state index contributed by atoms with van der Waals surface area (Å²) in [5, 5.41) is 2.62. The van der Waals surface area contributed by atoms with Crippen molar-refractivity contribution in [2.75, 3.05) is 0 Å². The summed E-state index contributed by atoms with van der Waals surface area (Å²) in [7, 11) is 0. The molecule has 26 heavy (non-hydrogen) atoms. The van der Waals surface area contributed by atoms with Crippen LogP contribution in [0, 0.1) is 0 Å². The molecule has 0 atom stereocenters. The Morgan fingerprint density at radius 3 is 1.12 bits per heavy atom. The van der Waals surface area contributed by atoms with Gasteiger partial charge in [-0.2, -0.15) is 0 Å². The first-order valence-corrected chi connectivity index (χ1v) is 12.7. The Hall–Kier alpha value is -0.300. The molecule has 0 aliphatic carbocycles. The minimum atomic E-state index is 1.31. The molecule has 0 aromatic heterocycles. The van der Waals surface area contributed by atoms with E-state index in [9.17, 15) is 0 Å². The third-order valence-electron chi connectivity index (χ3n) is 5.12. The number of hydrogen-bond acceptors (Lipinski definition) is 0. The molecule has 2 aromatic carbocycles. The molecule has 2 rings (SSSR count). The molecule has 0 aliphatic heterocycles. The Balaban J connectivity index is 0.000000284. The third kappa shape index (κ3) is 13.0. The topological polar surface area (TPSA) is 0 Å². The summed E-state index contributed by atoms with van der Waals surface area (Å²) in [5.74, 6) is 0. The largest absolute Gasteiger partial charge is 0.0616 e. The maximum Gasteiger partial charge on any atom is -0.0184 e. The third-order valence-corrected chi connectivity index (χ3v) is 5.82. The normalized spacial score (nSPS) is 10.6. The molecule has 0 radical (unpaired) electrons. The number of rotatable bonds is 13. The van der Waals surface area contributed by atoms with Gasteiger partial charge in [0.1, 0.15) is 0 Å². The van der Waals surface area contributed by atoms with Gasteiger partial charge in [-0.25, -0.2) is 0 Å². The first-order valence-electron chi connectivity index (χ1n) is 11.3. The van der Waals surface area contributed by atoms with Crippen molar-refractivity contribution in [3.05, 3.63) is 48.5 Å². The molecule has 0 amide bonds. The maximum absolute atomic E-state index is 2.29. The average Bonchev–Trinajstić information content (AvgIpc) is 2.69. The first-order chi connectivity index (χ1) is 12.9. The van der Waals surface area contributed by atoms with Gasteiger partial charge in [-0.3, -0.25) is 0 Å². The summed E-state index contributed by atoms with van der Waals surface area (Å²) >= 11 is 1.41. The number of unbranched alkanes of at least 4 members (excludes halogenated alkanes) is 12. The number of benzene rings is 2. The van der Waals surface area contributed by atoms with Crippen LogP contribution in [0.4, 0.5) is 0 Å². The van der Waals surface area contributed by atoms with E-state index < -0.39 is 0 Å². The van der Waals surface area contributed by atoms with E-state index in [0.29, 0.717) is 0 Å². The monoisotopic (exact) mass is 362 g/mol. The summed E-state index contributed by atoms with van der Waals surface area (Å²) in [5.41, 5.74) is 0. The Labute approximate surface area is 180 Å². The van der Waals surface area contributed by atoms with Crippen molar-refractivity contribution >= 4 is 38.7 Å². The van der Waals surface area contributed by atoms with Crippen LogP contribution >= 0.6 is 0 Å². The molecular formula is C25H39Na. The Morgan fingerprint density at radius 2 is 0.808 bits per heavy atom. The van der Waals surface area contributed by atoms with Crippen molar-refractivity contribution in [2.24, 2.45) is 0 Å². The Kier molecular flexibility index (Phi) is 16.5. The zero-order valence-electron chi connectivity index (χ0n) is 17.5. The van der Waals surface area contributed by atoms with Gasteiger partial charge >= 0.3 is 102 Å². The van der Waals surface area contributed by atoms with Gasteiger partial charge in [0, 0.05) is 0 Å². The van der Waals surface area contributed by atoms with Crippen LogP contribution in [0.15, 0.2) is 48.5 Å². The van der Waals surface area contributed by atoms with Gasteiger partial charge in [0.15, 0.2) is 0 Å². The molecule has 0 saturated heterocycles. The fourth-order valence-electron chi connectivity index (χ4n) is 3.40. The predicted molar refractivity (Wildman–Crippen MR) is 120 cm³/mol. The van der Waals surface area contributed by atoms with Gasteiger partial charge in [-0.05, 0) is 10.8 Å². The van der Waals surface area contributed by atoms with E-state index in [4.69, 9.17) is 0 Å². The van der Waals surface area contributed by atoms with Crippen molar-refractivity contribution in [1.29, 1.82) is 0 Å². The van der Waals surface area contributed by atoms with E-state index in [1.54, 1.807) is 0 Å². The predicted octanol–water partition coefficient (Wildman–Crippen LogP) is 8.50. The van der Waals surface area contributed by atoms with Gasteiger partial charge in [-0.1, -0.05) is 68.3 Å². The summed E-state index contributed by atoms with van der Waals surface area (Å²) < 4.78 is 1.51. The molecule has 0 aliphatic rings. The molecule has 2 aromatic rings. The first kappa shape index (κ1) is 23.7. The molecule has 0 N–H and O–H groups in total. The van der Waals surface area contributed by atoms with Crippen LogP contribution in [0.25, 0.3) is 10.8 Å². The minimum absolute atomic E-state index is 1.31. The molecule has 0 bridgehead atoms. The van der Waals surface area contributed by atoms with Gasteiger partial charge < -0.3 is 0 Å². The van der Waals surface area contributed by atoms with Gasteiger partial charge in [0.2, 0.25) is 0 Å². The molecule has 140 valence electrons. The Morgan fingerprint density at radius 1 is 0.500 bits per heavy atom. The fraction of sp³-hybridized carbons (Fsp3) is 0.600. The van der Waals surface area contributed by atoms with Crippen LogP contribution in [0.2, 0.25) is 3.67 Å². The van der Waals surface area contributed by atoms with E-state index in [1.165, 1.54) is 126 Å². The van der Waals surface area contributed by atoms with E-state index in [1.807, 2.05) is 0 Å². The van der Waals surface area contributed by atoms with Crippen LogP contribution < -0.4 is 0 Å². The molecule has 0 nitrogen and oxygen atoms in total. The second-order valence-corrected chi connectivity index (χ2v) is 8.59. The van der Waals surface area contributed by atoms with Crippen LogP contribution in [0.1, 0.15) is 90.4 Å². The summed E-state index contributed by atoms with van der Waals surface area (Å²) in [6.07, 6.45) is 19.2. The second-order valence-electron chi connectivity index (χ2n) is 7.59. The second kappa shape index (κ2) is 18.1. The summed E-state index contributed by atoms with van der Waals surface area (Å²) in [4.78, 5) is 0. The summed E-state index contributed by atoms with van der Waals surface area (Å²) in [6.45, 7) is 2.29. The van der Waals surface area contributed by atoms with E-state index >= 15 is 0 Å². The molecule has 0 spiro atoms. The number of hydrogen-bond donors (Lipinski definition) is 0. The van der Waals surface area contributed by atoms with E-state index in [0.717, 1.165) is 0 Å². The maximum atomic E-state index is 2.29. The van der Waals surface area contributed by atoms with Crippen LogP contribution in [0.5, 0.6) is 0 Å². The zero-order valence-corrected chi connectivity index (χ0v) is 19.5. The van der Waals surface area contributed by atoms with Crippen LogP contribution in [-0.2, 0) is 0 Å². The smallest absolute Gasteiger partial charge is 0.0184 e. The molecule has 0 saturated carbocycles. The average molecular weight is 363 g/mol. The molecular weight excluding hydrogens is 323 g/mol.